The van der Waals surface area contributed by atoms with E-state index in [-0.39, 0.29) is 17.9 Å². The Morgan fingerprint density at radius 2 is 1.91 bits per heavy atom. The number of amides is 2. The lowest BCUT2D eigenvalue weighted by atomic mass is 10.0. The summed E-state index contributed by atoms with van der Waals surface area (Å²) < 4.78 is 10.8. The van der Waals surface area contributed by atoms with Crippen LogP contribution in [0.25, 0.3) is 0 Å². The van der Waals surface area contributed by atoms with Gasteiger partial charge in [0.25, 0.3) is 5.91 Å². The van der Waals surface area contributed by atoms with E-state index in [0.29, 0.717) is 49.0 Å². The predicted octanol–water partition coefficient (Wildman–Crippen LogP) is 3.28. The van der Waals surface area contributed by atoms with Crippen LogP contribution < -0.4 is 15.0 Å². The van der Waals surface area contributed by atoms with E-state index in [2.05, 4.69) is 10.2 Å². The van der Waals surface area contributed by atoms with Crippen LogP contribution in [-0.2, 0) is 9.53 Å². The van der Waals surface area contributed by atoms with Gasteiger partial charge >= 0.3 is 0 Å². The van der Waals surface area contributed by atoms with Crippen LogP contribution in [0.3, 0.4) is 0 Å². The van der Waals surface area contributed by atoms with Gasteiger partial charge in [-0.3, -0.25) is 14.5 Å². The largest absolute Gasteiger partial charge is 0.497 e. The quantitative estimate of drug-likeness (QED) is 0.691. The van der Waals surface area contributed by atoms with Gasteiger partial charge < -0.3 is 19.7 Å². The third kappa shape index (κ3) is 5.06. The summed E-state index contributed by atoms with van der Waals surface area (Å²) in [5.74, 6) is 0.640. The highest BCUT2D eigenvalue weighted by Crippen LogP contribution is 2.30. The lowest BCUT2D eigenvalue weighted by Gasteiger charge is -2.35. The van der Waals surface area contributed by atoms with Crippen LogP contribution in [0.1, 0.15) is 34.8 Å². The van der Waals surface area contributed by atoms with Crippen LogP contribution in [0.4, 0.5) is 5.69 Å². The molecule has 170 valence electrons. The molecule has 0 aliphatic carbocycles. The van der Waals surface area contributed by atoms with Gasteiger partial charge in [-0.15, -0.1) is 0 Å². The van der Waals surface area contributed by atoms with Crippen LogP contribution in [-0.4, -0.2) is 63.2 Å². The SMILES string of the molecule is COc1ccc([C@H](CNC(=O)c2ccc(Cl)c(N3CCCC3=O)c2)N2CCOCC2)cc1. The van der Waals surface area contributed by atoms with Crippen molar-refractivity contribution in [1.82, 2.24) is 10.2 Å². The van der Waals surface area contributed by atoms with Gasteiger partial charge in [-0.05, 0) is 42.3 Å². The van der Waals surface area contributed by atoms with Crippen molar-refractivity contribution >= 4 is 29.1 Å². The monoisotopic (exact) mass is 457 g/mol. The van der Waals surface area contributed by atoms with E-state index in [4.69, 9.17) is 21.1 Å². The van der Waals surface area contributed by atoms with Crippen LogP contribution >= 0.6 is 11.6 Å². The number of nitrogens with zero attached hydrogens (tertiary/aromatic N) is 2. The molecule has 2 aromatic carbocycles. The van der Waals surface area contributed by atoms with Gasteiger partial charge in [0.05, 0.1) is 37.1 Å². The molecule has 2 amide bonds. The minimum absolute atomic E-state index is 0.0145. The van der Waals surface area contributed by atoms with Crippen LogP contribution in [0.5, 0.6) is 5.75 Å². The van der Waals surface area contributed by atoms with Gasteiger partial charge in [0.15, 0.2) is 0 Å². The third-order valence-electron chi connectivity index (χ3n) is 6.02. The fraction of sp³-hybridized carbons (Fsp3) is 0.417. The topological polar surface area (TPSA) is 71.1 Å². The number of hydrogen-bond acceptors (Lipinski definition) is 5. The van der Waals surface area contributed by atoms with Gasteiger partial charge in [0.1, 0.15) is 5.75 Å². The van der Waals surface area contributed by atoms with E-state index in [9.17, 15) is 9.59 Å². The first kappa shape index (κ1) is 22.6. The molecule has 2 saturated heterocycles. The smallest absolute Gasteiger partial charge is 0.251 e. The molecular weight excluding hydrogens is 430 g/mol. The number of morpholine rings is 1. The summed E-state index contributed by atoms with van der Waals surface area (Å²) in [6.07, 6.45) is 1.31. The Hall–Kier alpha value is -2.61. The Morgan fingerprint density at radius 3 is 2.56 bits per heavy atom. The van der Waals surface area contributed by atoms with Crippen molar-refractivity contribution in [3.05, 3.63) is 58.6 Å². The Morgan fingerprint density at radius 1 is 1.16 bits per heavy atom. The maximum absolute atomic E-state index is 13.0. The zero-order chi connectivity index (χ0) is 22.5. The number of methoxy groups -OCH3 is 1. The van der Waals surface area contributed by atoms with E-state index in [1.54, 1.807) is 30.2 Å². The number of hydrogen-bond donors (Lipinski definition) is 1. The molecule has 0 saturated carbocycles. The highest BCUT2D eigenvalue weighted by atomic mass is 35.5. The molecule has 2 heterocycles. The van der Waals surface area contributed by atoms with Gasteiger partial charge in [0.2, 0.25) is 5.91 Å². The van der Waals surface area contributed by atoms with Gasteiger partial charge in [-0.2, -0.15) is 0 Å². The molecule has 2 fully saturated rings. The first-order chi connectivity index (χ1) is 15.6. The molecule has 7 nitrogen and oxygen atoms in total. The summed E-state index contributed by atoms with van der Waals surface area (Å²) in [6.45, 7) is 4.02. The second-order valence-corrected chi connectivity index (χ2v) is 8.37. The van der Waals surface area contributed by atoms with Crippen LogP contribution in [0.15, 0.2) is 42.5 Å². The van der Waals surface area contributed by atoms with Gasteiger partial charge in [-0.1, -0.05) is 23.7 Å². The Bertz CT molecular complexity index is 960. The minimum Gasteiger partial charge on any atom is -0.497 e. The molecule has 32 heavy (non-hydrogen) atoms. The van der Waals surface area contributed by atoms with Gasteiger partial charge in [-0.25, -0.2) is 0 Å². The Balaban J connectivity index is 1.49. The molecule has 2 aliphatic rings. The van der Waals surface area contributed by atoms with E-state index in [1.807, 2.05) is 24.3 Å². The molecule has 0 aromatic heterocycles. The lowest BCUT2D eigenvalue weighted by Crippen LogP contribution is -2.43. The molecule has 0 unspecified atom stereocenters. The zero-order valence-corrected chi connectivity index (χ0v) is 18.9. The standard InChI is InChI=1S/C24H28ClN3O4/c1-31-19-7-4-17(5-8-19)22(27-11-13-32-14-12-27)16-26-24(30)18-6-9-20(25)21(15-18)28-10-2-3-23(28)29/h4-9,15,22H,2-3,10-14,16H2,1H3,(H,26,30)/t22-/m0/s1. The van der Waals surface area contributed by atoms with Crippen molar-refractivity contribution in [3.63, 3.8) is 0 Å². The molecule has 0 bridgehead atoms. The molecular formula is C24H28ClN3O4. The maximum Gasteiger partial charge on any atom is 0.251 e. The Kier molecular flexibility index (Phi) is 7.29. The van der Waals surface area contributed by atoms with Crippen LogP contribution in [0, 0.1) is 0 Å². The first-order valence-electron chi connectivity index (χ1n) is 10.9. The Labute approximate surface area is 193 Å². The molecule has 8 heteroatoms. The second-order valence-electron chi connectivity index (χ2n) is 7.96. The summed E-state index contributed by atoms with van der Waals surface area (Å²) in [4.78, 5) is 29.1. The third-order valence-corrected chi connectivity index (χ3v) is 6.34. The van der Waals surface area contributed by atoms with E-state index in [0.717, 1.165) is 30.8 Å². The molecule has 0 radical (unpaired) electrons. The predicted molar refractivity (Wildman–Crippen MR) is 123 cm³/mol. The molecule has 2 aliphatic heterocycles. The normalized spacial score (nSPS) is 17.9. The summed E-state index contributed by atoms with van der Waals surface area (Å²) in [7, 11) is 1.64. The average molecular weight is 458 g/mol. The molecule has 4 rings (SSSR count). The average Bonchev–Trinajstić information content (AvgIpc) is 3.26. The van der Waals surface area contributed by atoms with Crippen molar-refractivity contribution in [2.75, 3.05) is 51.4 Å². The van der Waals surface area contributed by atoms with E-state index in [1.165, 1.54) is 0 Å². The number of halogens is 1. The highest BCUT2D eigenvalue weighted by Gasteiger charge is 2.26. The molecule has 1 atom stereocenters. The lowest BCUT2D eigenvalue weighted by molar-refractivity contribution is -0.117. The zero-order valence-electron chi connectivity index (χ0n) is 18.2. The molecule has 2 aromatic rings. The van der Waals surface area contributed by atoms with E-state index >= 15 is 0 Å². The number of ether oxygens (including phenoxy) is 2. The van der Waals surface area contributed by atoms with Crippen molar-refractivity contribution in [3.8, 4) is 5.75 Å². The van der Waals surface area contributed by atoms with Crippen molar-refractivity contribution < 1.29 is 19.1 Å². The summed E-state index contributed by atoms with van der Waals surface area (Å²) in [5, 5.41) is 3.55. The number of rotatable bonds is 7. The fourth-order valence-corrected chi connectivity index (χ4v) is 4.45. The minimum atomic E-state index is -0.193. The highest BCUT2D eigenvalue weighted by molar-refractivity contribution is 6.34. The number of nitrogens with one attached hydrogen (secondary N) is 1. The molecule has 0 spiro atoms. The van der Waals surface area contributed by atoms with E-state index < -0.39 is 0 Å². The number of carbonyl (C=O) groups is 2. The first-order valence-corrected chi connectivity index (χ1v) is 11.3. The fourth-order valence-electron chi connectivity index (χ4n) is 4.23. The second kappa shape index (κ2) is 10.3. The maximum atomic E-state index is 13.0. The van der Waals surface area contributed by atoms with Crippen LogP contribution in [0.2, 0.25) is 5.02 Å². The number of carbonyl (C=O) groups excluding carboxylic acids is 2. The van der Waals surface area contributed by atoms with Crippen molar-refractivity contribution in [1.29, 1.82) is 0 Å². The summed E-state index contributed by atoms with van der Waals surface area (Å²) in [5.41, 5.74) is 2.19. The van der Waals surface area contributed by atoms with Crippen molar-refractivity contribution in [2.24, 2.45) is 0 Å². The number of anilines is 1. The summed E-state index contributed by atoms with van der Waals surface area (Å²) in [6, 6.07) is 13.0. The summed E-state index contributed by atoms with van der Waals surface area (Å²) >= 11 is 6.33. The molecule has 1 N–H and O–H groups in total. The van der Waals surface area contributed by atoms with Gasteiger partial charge in [0, 0.05) is 38.2 Å². The number of benzene rings is 2. The van der Waals surface area contributed by atoms with Crippen molar-refractivity contribution in [2.45, 2.75) is 18.9 Å².